The maximum absolute atomic E-state index is 12.8. The van der Waals surface area contributed by atoms with Gasteiger partial charge in [-0.1, -0.05) is 6.07 Å². The van der Waals surface area contributed by atoms with Crippen molar-refractivity contribution < 1.29 is 9.53 Å². The van der Waals surface area contributed by atoms with Gasteiger partial charge in [0.25, 0.3) is 0 Å². The second kappa shape index (κ2) is 9.84. The second-order valence-electron chi connectivity index (χ2n) is 9.98. The highest BCUT2D eigenvalue weighted by molar-refractivity contribution is 5.68. The first-order chi connectivity index (χ1) is 15.0. The van der Waals surface area contributed by atoms with Crippen molar-refractivity contribution in [2.75, 3.05) is 24.5 Å². The number of hydrogen-bond acceptors (Lipinski definition) is 6. The van der Waals surface area contributed by atoms with Crippen LogP contribution >= 0.6 is 0 Å². The van der Waals surface area contributed by atoms with Gasteiger partial charge in [0.1, 0.15) is 17.1 Å². The zero-order chi connectivity index (χ0) is 23.5. The average molecular weight is 440 g/mol. The number of hydrogen-bond donors (Lipinski definition) is 0. The van der Waals surface area contributed by atoms with E-state index in [1.54, 1.807) is 6.20 Å². The van der Waals surface area contributed by atoms with Crippen LogP contribution in [0.4, 0.5) is 10.6 Å². The lowest BCUT2D eigenvalue weighted by atomic mass is 9.96. The Labute approximate surface area is 192 Å². The van der Waals surface area contributed by atoms with Gasteiger partial charge in [-0.25, -0.2) is 14.8 Å². The zero-order valence-electron chi connectivity index (χ0n) is 20.6. The molecule has 1 fully saturated rings. The molecule has 0 N–H and O–H groups in total. The molecule has 0 aliphatic carbocycles. The molecule has 1 aliphatic rings. The third-order valence-corrected chi connectivity index (χ3v) is 5.78. The number of pyridine rings is 1. The Morgan fingerprint density at radius 3 is 2.62 bits per heavy atom. The summed E-state index contributed by atoms with van der Waals surface area (Å²) >= 11 is 0. The Balaban J connectivity index is 1.80. The van der Waals surface area contributed by atoms with E-state index in [1.165, 1.54) is 0 Å². The second-order valence-corrected chi connectivity index (χ2v) is 9.98. The molecule has 0 bridgehead atoms. The fourth-order valence-corrected chi connectivity index (χ4v) is 4.03. The fraction of sp³-hybridized carbons (Fsp3) is 0.600. The maximum atomic E-state index is 12.8. The van der Waals surface area contributed by atoms with E-state index in [-0.39, 0.29) is 12.1 Å². The zero-order valence-corrected chi connectivity index (χ0v) is 20.6. The van der Waals surface area contributed by atoms with E-state index in [0.29, 0.717) is 18.3 Å². The van der Waals surface area contributed by atoms with E-state index in [1.807, 2.05) is 64.6 Å². The van der Waals surface area contributed by atoms with Crippen LogP contribution in [0.3, 0.4) is 0 Å². The topological polar surface area (TPSA) is 71.5 Å². The van der Waals surface area contributed by atoms with E-state index in [4.69, 9.17) is 9.72 Å². The largest absolute Gasteiger partial charge is 0.444 e. The van der Waals surface area contributed by atoms with Crippen molar-refractivity contribution in [3.05, 3.63) is 35.7 Å². The van der Waals surface area contributed by atoms with Gasteiger partial charge in [-0.15, -0.1) is 0 Å². The first kappa shape index (κ1) is 24.0. The molecular formula is C25H37N5O2. The molecule has 7 heteroatoms. The van der Waals surface area contributed by atoms with Gasteiger partial charge in [0.05, 0.1) is 0 Å². The van der Waals surface area contributed by atoms with Crippen molar-refractivity contribution in [1.82, 2.24) is 19.9 Å². The van der Waals surface area contributed by atoms with Gasteiger partial charge in [-0.2, -0.15) is 0 Å². The molecule has 0 spiro atoms. The standard InChI is InChI=1S/C25H37N5O2/c1-17(2)30(24(31)32-25(5,6)7)16-20-11-10-14-29(15-20)23-18(3)19(4)27-22(28-23)21-12-8-9-13-26-21/h8-9,12-13,17,20H,10-11,14-16H2,1-7H3. The highest BCUT2D eigenvalue weighted by atomic mass is 16.6. The van der Waals surface area contributed by atoms with Crippen molar-refractivity contribution in [1.29, 1.82) is 0 Å². The summed E-state index contributed by atoms with van der Waals surface area (Å²) in [5.41, 5.74) is 2.34. The molecule has 1 atom stereocenters. The summed E-state index contributed by atoms with van der Waals surface area (Å²) in [5.74, 6) is 1.98. The third kappa shape index (κ3) is 5.96. The number of anilines is 1. The van der Waals surface area contributed by atoms with Crippen LogP contribution in [0.25, 0.3) is 11.5 Å². The number of nitrogens with zero attached hydrogens (tertiary/aromatic N) is 5. The van der Waals surface area contributed by atoms with E-state index < -0.39 is 5.60 Å². The van der Waals surface area contributed by atoms with Crippen LogP contribution in [-0.2, 0) is 4.74 Å². The summed E-state index contributed by atoms with van der Waals surface area (Å²) in [6.45, 7) is 16.4. The number of amides is 1. The number of aromatic nitrogens is 3. The Kier molecular flexibility index (Phi) is 7.36. The summed E-state index contributed by atoms with van der Waals surface area (Å²) in [5, 5.41) is 0. The quantitative estimate of drug-likeness (QED) is 0.652. The van der Waals surface area contributed by atoms with Crippen LogP contribution < -0.4 is 4.90 Å². The molecule has 0 radical (unpaired) electrons. The minimum absolute atomic E-state index is 0.0824. The maximum Gasteiger partial charge on any atom is 0.410 e. The highest BCUT2D eigenvalue weighted by Crippen LogP contribution is 2.28. The number of aryl methyl sites for hydroxylation is 1. The van der Waals surface area contributed by atoms with Crippen molar-refractivity contribution >= 4 is 11.9 Å². The summed E-state index contributed by atoms with van der Waals surface area (Å²) in [4.78, 5) is 31.0. The molecule has 2 aromatic rings. The van der Waals surface area contributed by atoms with E-state index in [9.17, 15) is 4.79 Å². The van der Waals surface area contributed by atoms with Gasteiger partial charge in [-0.05, 0) is 79.4 Å². The van der Waals surface area contributed by atoms with Crippen LogP contribution in [0.1, 0.15) is 58.7 Å². The molecule has 0 saturated carbocycles. The van der Waals surface area contributed by atoms with Crippen molar-refractivity contribution in [2.45, 2.75) is 73.0 Å². The van der Waals surface area contributed by atoms with Crippen molar-refractivity contribution in [3.8, 4) is 11.5 Å². The highest BCUT2D eigenvalue weighted by Gasteiger charge is 2.30. The Bertz CT molecular complexity index is 924. The molecule has 3 heterocycles. The van der Waals surface area contributed by atoms with Crippen molar-refractivity contribution in [3.63, 3.8) is 0 Å². The Morgan fingerprint density at radius 1 is 1.25 bits per heavy atom. The van der Waals surface area contributed by atoms with Crippen LogP contribution in [-0.4, -0.2) is 57.2 Å². The van der Waals surface area contributed by atoms with E-state index >= 15 is 0 Å². The SMILES string of the molecule is Cc1nc(-c2ccccn2)nc(N2CCCC(CN(C(=O)OC(C)(C)C)C(C)C)C2)c1C. The predicted octanol–water partition coefficient (Wildman–Crippen LogP) is 5.02. The van der Waals surface area contributed by atoms with E-state index in [2.05, 4.69) is 21.8 Å². The molecule has 3 rings (SSSR count). The van der Waals surface area contributed by atoms with Gasteiger partial charge in [0.2, 0.25) is 0 Å². The molecule has 174 valence electrons. The van der Waals surface area contributed by atoms with Crippen LogP contribution in [0, 0.1) is 19.8 Å². The van der Waals surface area contributed by atoms with Gasteiger partial charge in [-0.3, -0.25) is 4.98 Å². The minimum Gasteiger partial charge on any atom is -0.444 e. The van der Waals surface area contributed by atoms with Gasteiger partial charge < -0.3 is 14.5 Å². The normalized spacial score (nSPS) is 16.9. The van der Waals surface area contributed by atoms with Crippen LogP contribution in [0.15, 0.2) is 24.4 Å². The molecule has 1 saturated heterocycles. The number of carbonyl (C=O) groups excluding carboxylic acids is 1. The third-order valence-electron chi connectivity index (χ3n) is 5.78. The molecule has 2 aromatic heterocycles. The summed E-state index contributed by atoms with van der Waals surface area (Å²) < 4.78 is 5.66. The molecule has 1 aliphatic heterocycles. The van der Waals surface area contributed by atoms with Crippen LogP contribution in [0.2, 0.25) is 0 Å². The Hall–Kier alpha value is -2.70. The lowest BCUT2D eigenvalue weighted by Gasteiger charge is -2.38. The summed E-state index contributed by atoms with van der Waals surface area (Å²) in [6.07, 6.45) is 3.67. The number of rotatable bonds is 5. The lowest BCUT2D eigenvalue weighted by molar-refractivity contribution is 0.0151. The molecule has 1 unspecified atom stereocenters. The monoisotopic (exact) mass is 439 g/mol. The van der Waals surface area contributed by atoms with Crippen molar-refractivity contribution in [2.24, 2.45) is 5.92 Å². The van der Waals surface area contributed by atoms with Gasteiger partial charge >= 0.3 is 6.09 Å². The minimum atomic E-state index is -0.500. The molecule has 0 aromatic carbocycles. The average Bonchev–Trinajstić information content (AvgIpc) is 2.73. The number of carbonyl (C=O) groups is 1. The smallest absolute Gasteiger partial charge is 0.410 e. The Morgan fingerprint density at radius 2 is 2.00 bits per heavy atom. The van der Waals surface area contributed by atoms with Crippen LogP contribution in [0.5, 0.6) is 0 Å². The molecule has 1 amide bonds. The first-order valence-electron chi connectivity index (χ1n) is 11.6. The van der Waals surface area contributed by atoms with Gasteiger partial charge in [0, 0.05) is 43.1 Å². The molecular weight excluding hydrogens is 402 g/mol. The summed E-state index contributed by atoms with van der Waals surface area (Å²) in [7, 11) is 0. The number of ether oxygens (including phenoxy) is 1. The molecule has 7 nitrogen and oxygen atoms in total. The molecule has 32 heavy (non-hydrogen) atoms. The van der Waals surface area contributed by atoms with Gasteiger partial charge in [0.15, 0.2) is 5.82 Å². The predicted molar refractivity (Wildman–Crippen MR) is 128 cm³/mol. The number of piperidine rings is 1. The van der Waals surface area contributed by atoms with E-state index in [0.717, 1.165) is 48.7 Å². The lowest BCUT2D eigenvalue weighted by Crippen LogP contribution is -2.47. The summed E-state index contributed by atoms with van der Waals surface area (Å²) in [6, 6.07) is 5.87. The first-order valence-corrected chi connectivity index (χ1v) is 11.6. The fourth-order valence-electron chi connectivity index (χ4n) is 4.03.